The van der Waals surface area contributed by atoms with E-state index in [9.17, 15) is 4.79 Å². The number of nitrogens with one attached hydrogen (secondary N) is 1. The van der Waals surface area contributed by atoms with Crippen LogP contribution < -0.4 is 5.32 Å². The highest BCUT2D eigenvalue weighted by atomic mass is 32.1. The molecule has 0 spiro atoms. The van der Waals surface area contributed by atoms with Gasteiger partial charge in [-0.3, -0.25) is 9.69 Å². The number of hydrogen-bond acceptors (Lipinski definition) is 7. The summed E-state index contributed by atoms with van der Waals surface area (Å²) in [7, 11) is 1.85. The van der Waals surface area contributed by atoms with E-state index in [4.69, 9.17) is 4.52 Å². The second-order valence-electron chi connectivity index (χ2n) is 5.62. The van der Waals surface area contributed by atoms with Gasteiger partial charge in [-0.05, 0) is 19.9 Å². The molecule has 1 N–H and O–H groups in total. The van der Waals surface area contributed by atoms with Gasteiger partial charge in [0, 0.05) is 18.0 Å². The van der Waals surface area contributed by atoms with E-state index in [0.29, 0.717) is 29.3 Å². The number of hydrogen-bond donors (Lipinski definition) is 1. The lowest BCUT2D eigenvalue weighted by Gasteiger charge is -2.21. The van der Waals surface area contributed by atoms with Crippen LogP contribution in [0, 0.1) is 5.92 Å². The molecule has 0 aliphatic heterocycles. The number of aromatic nitrogens is 3. The Kier molecular flexibility index (Phi) is 5.62. The van der Waals surface area contributed by atoms with Crippen molar-refractivity contribution < 1.29 is 9.32 Å². The molecule has 2 aromatic rings. The van der Waals surface area contributed by atoms with E-state index >= 15 is 0 Å². The van der Waals surface area contributed by atoms with Crippen LogP contribution in [0.5, 0.6) is 0 Å². The van der Waals surface area contributed by atoms with Gasteiger partial charge in [0.15, 0.2) is 11.0 Å². The van der Waals surface area contributed by atoms with Gasteiger partial charge in [-0.25, -0.2) is 4.98 Å². The SMILES string of the molecule is CC(C)Cc1noc(CN(C)[C@H](C)C(=O)Nc2nccs2)n1. The summed E-state index contributed by atoms with van der Waals surface area (Å²) in [4.78, 5) is 22.4. The highest BCUT2D eigenvalue weighted by molar-refractivity contribution is 7.13. The van der Waals surface area contributed by atoms with Crippen molar-refractivity contribution in [1.29, 1.82) is 0 Å². The van der Waals surface area contributed by atoms with Crippen LogP contribution in [0.4, 0.5) is 5.13 Å². The number of amides is 1. The van der Waals surface area contributed by atoms with Crippen molar-refractivity contribution in [2.24, 2.45) is 5.92 Å². The predicted molar refractivity (Wildman–Crippen MR) is 84.5 cm³/mol. The second kappa shape index (κ2) is 7.46. The topological polar surface area (TPSA) is 84.2 Å². The summed E-state index contributed by atoms with van der Waals surface area (Å²) in [5.74, 6) is 1.59. The minimum Gasteiger partial charge on any atom is -0.338 e. The maximum Gasteiger partial charge on any atom is 0.243 e. The van der Waals surface area contributed by atoms with Crippen molar-refractivity contribution in [3.8, 4) is 0 Å². The molecule has 0 aliphatic carbocycles. The number of carbonyl (C=O) groups is 1. The molecular formula is C14H21N5O2S. The number of carbonyl (C=O) groups excluding carboxylic acids is 1. The van der Waals surface area contributed by atoms with Gasteiger partial charge in [-0.2, -0.15) is 4.98 Å². The molecule has 22 heavy (non-hydrogen) atoms. The largest absolute Gasteiger partial charge is 0.338 e. The van der Waals surface area contributed by atoms with Crippen molar-refractivity contribution >= 4 is 22.4 Å². The quantitative estimate of drug-likeness (QED) is 0.841. The van der Waals surface area contributed by atoms with E-state index in [1.807, 2.05) is 24.3 Å². The third kappa shape index (κ3) is 4.60. The van der Waals surface area contributed by atoms with Gasteiger partial charge in [0.1, 0.15) is 0 Å². The maximum absolute atomic E-state index is 12.1. The lowest BCUT2D eigenvalue weighted by atomic mass is 10.1. The zero-order valence-electron chi connectivity index (χ0n) is 13.2. The van der Waals surface area contributed by atoms with Crippen LogP contribution >= 0.6 is 11.3 Å². The highest BCUT2D eigenvalue weighted by Gasteiger charge is 2.21. The van der Waals surface area contributed by atoms with Crippen LogP contribution in [-0.4, -0.2) is 39.0 Å². The molecule has 1 amide bonds. The van der Waals surface area contributed by atoms with Gasteiger partial charge in [-0.15, -0.1) is 11.3 Å². The Labute approximate surface area is 133 Å². The number of likely N-dealkylation sites (N-methyl/N-ethyl adjacent to an activating group) is 1. The lowest BCUT2D eigenvalue weighted by molar-refractivity contribution is -0.120. The average Bonchev–Trinajstić information content (AvgIpc) is 3.09. The highest BCUT2D eigenvalue weighted by Crippen LogP contribution is 2.13. The van der Waals surface area contributed by atoms with Crippen LogP contribution in [0.1, 0.15) is 32.5 Å². The number of anilines is 1. The van der Waals surface area contributed by atoms with Crippen molar-refractivity contribution in [1.82, 2.24) is 20.0 Å². The molecule has 0 bridgehead atoms. The monoisotopic (exact) mass is 323 g/mol. The Hall–Kier alpha value is -1.80. The molecule has 0 aromatic carbocycles. The molecule has 0 saturated heterocycles. The lowest BCUT2D eigenvalue weighted by Crippen LogP contribution is -2.39. The van der Waals surface area contributed by atoms with Gasteiger partial charge < -0.3 is 9.84 Å². The Bertz CT molecular complexity index is 596. The Balaban J connectivity index is 1.88. The number of nitrogens with zero attached hydrogens (tertiary/aromatic N) is 4. The van der Waals surface area contributed by atoms with E-state index < -0.39 is 0 Å². The molecule has 0 aliphatic rings. The summed E-state index contributed by atoms with van der Waals surface area (Å²) in [6.07, 6.45) is 2.44. The van der Waals surface area contributed by atoms with Crippen LogP contribution in [0.25, 0.3) is 0 Å². The summed E-state index contributed by atoms with van der Waals surface area (Å²) in [5, 5.41) is 9.15. The zero-order valence-corrected chi connectivity index (χ0v) is 14.1. The second-order valence-corrected chi connectivity index (χ2v) is 6.51. The van der Waals surface area contributed by atoms with Gasteiger partial charge in [0.2, 0.25) is 11.8 Å². The molecule has 120 valence electrons. The molecule has 2 aromatic heterocycles. The molecule has 0 fully saturated rings. The Morgan fingerprint density at radius 3 is 2.86 bits per heavy atom. The fourth-order valence-electron chi connectivity index (χ4n) is 1.85. The van der Waals surface area contributed by atoms with Crippen molar-refractivity contribution in [2.45, 2.75) is 39.8 Å². The summed E-state index contributed by atoms with van der Waals surface area (Å²) in [5.41, 5.74) is 0. The maximum atomic E-state index is 12.1. The molecule has 2 heterocycles. The Morgan fingerprint density at radius 2 is 2.23 bits per heavy atom. The zero-order chi connectivity index (χ0) is 16.1. The first-order chi connectivity index (χ1) is 10.5. The van der Waals surface area contributed by atoms with Gasteiger partial charge in [0.05, 0.1) is 12.6 Å². The van der Waals surface area contributed by atoms with Crippen LogP contribution in [0.3, 0.4) is 0 Å². The molecule has 7 nitrogen and oxygen atoms in total. The molecule has 0 unspecified atom stereocenters. The van der Waals surface area contributed by atoms with E-state index in [1.54, 1.807) is 6.20 Å². The normalized spacial score (nSPS) is 12.8. The van der Waals surface area contributed by atoms with Crippen LogP contribution in [0.2, 0.25) is 0 Å². The third-order valence-corrected chi connectivity index (χ3v) is 3.88. The minimum atomic E-state index is -0.329. The minimum absolute atomic E-state index is 0.112. The first-order valence-electron chi connectivity index (χ1n) is 7.17. The predicted octanol–water partition coefficient (Wildman–Crippen LogP) is 2.18. The molecule has 0 saturated carbocycles. The summed E-state index contributed by atoms with van der Waals surface area (Å²) in [6.45, 7) is 6.46. The standard InChI is InChI=1S/C14H21N5O2S/c1-9(2)7-11-16-12(21-18-11)8-19(4)10(3)13(20)17-14-15-5-6-22-14/h5-6,9-10H,7-8H2,1-4H3,(H,15,17,20)/t10-/m1/s1. The fraction of sp³-hybridized carbons (Fsp3) is 0.571. The molecule has 1 atom stereocenters. The van der Waals surface area contributed by atoms with Crippen molar-refractivity contribution in [3.05, 3.63) is 23.3 Å². The van der Waals surface area contributed by atoms with E-state index in [-0.39, 0.29) is 11.9 Å². The first kappa shape index (κ1) is 16.6. The smallest absolute Gasteiger partial charge is 0.243 e. The fourth-order valence-corrected chi connectivity index (χ4v) is 2.38. The Morgan fingerprint density at radius 1 is 1.45 bits per heavy atom. The summed E-state index contributed by atoms with van der Waals surface area (Å²) in [6, 6.07) is -0.329. The number of thiazole rings is 1. The van der Waals surface area contributed by atoms with E-state index in [0.717, 1.165) is 6.42 Å². The van der Waals surface area contributed by atoms with Crippen molar-refractivity contribution in [2.75, 3.05) is 12.4 Å². The first-order valence-corrected chi connectivity index (χ1v) is 8.05. The summed E-state index contributed by atoms with van der Waals surface area (Å²) >= 11 is 1.39. The van der Waals surface area contributed by atoms with Gasteiger partial charge in [0.25, 0.3) is 0 Å². The van der Waals surface area contributed by atoms with Gasteiger partial charge in [-0.1, -0.05) is 19.0 Å². The molecule has 8 heteroatoms. The third-order valence-electron chi connectivity index (χ3n) is 3.19. The van der Waals surface area contributed by atoms with Crippen LogP contribution in [0.15, 0.2) is 16.1 Å². The molecule has 2 rings (SSSR count). The molecular weight excluding hydrogens is 302 g/mol. The van der Waals surface area contributed by atoms with E-state index in [2.05, 4.69) is 34.3 Å². The number of rotatable bonds is 7. The average molecular weight is 323 g/mol. The van der Waals surface area contributed by atoms with Crippen molar-refractivity contribution in [3.63, 3.8) is 0 Å². The van der Waals surface area contributed by atoms with Crippen LogP contribution in [-0.2, 0) is 17.8 Å². The van der Waals surface area contributed by atoms with Gasteiger partial charge >= 0.3 is 0 Å². The van der Waals surface area contributed by atoms with E-state index in [1.165, 1.54) is 11.3 Å². The summed E-state index contributed by atoms with van der Waals surface area (Å²) < 4.78 is 5.23. The molecule has 0 radical (unpaired) electrons.